The van der Waals surface area contributed by atoms with Gasteiger partial charge in [0.1, 0.15) is 19.3 Å². The number of ether oxygens (including phenoxy) is 4. The number of carbonyl (C=O) groups is 4. The van der Waals surface area contributed by atoms with Gasteiger partial charge in [0.2, 0.25) is 0 Å². The lowest BCUT2D eigenvalue weighted by Gasteiger charge is -2.21. The first-order chi connectivity index (χ1) is 49.4. The Balaban J connectivity index is 5.23. The van der Waals surface area contributed by atoms with E-state index in [9.17, 15) is 43.2 Å². The highest BCUT2D eigenvalue weighted by Gasteiger charge is 2.30. The molecule has 17 nitrogen and oxygen atoms in total. The number of rotatable bonds is 82. The maximum absolute atomic E-state index is 13.1. The van der Waals surface area contributed by atoms with Crippen molar-refractivity contribution in [2.75, 3.05) is 39.6 Å². The Morgan fingerprint density at radius 1 is 0.284 bits per heavy atom. The second-order valence-corrected chi connectivity index (χ2v) is 33.5. The van der Waals surface area contributed by atoms with E-state index in [1.807, 2.05) is 0 Å². The molecule has 3 unspecified atom stereocenters. The van der Waals surface area contributed by atoms with Crippen molar-refractivity contribution < 1.29 is 80.2 Å². The van der Waals surface area contributed by atoms with Crippen molar-refractivity contribution in [2.45, 2.75) is 458 Å². The number of esters is 4. The number of hydrogen-bond acceptors (Lipinski definition) is 15. The van der Waals surface area contributed by atoms with E-state index in [1.165, 1.54) is 257 Å². The van der Waals surface area contributed by atoms with Crippen LogP contribution in [0.1, 0.15) is 440 Å². The summed E-state index contributed by atoms with van der Waals surface area (Å²) in [4.78, 5) is 73.1. The highest BCUT2D eigenvalue weighted by Crippen LogP contribution is 2.45. The van der Waals surface area contributed by atoms with E-state index in [4.69, 9.17) is 37.0 Å². The van der Waals surface area contributed by atoms with E-state index in [1.54, 1.807) is 0 Å². The molecule has 0 aliphatic heterocycles. The zero-order valence-electron chi connectivity index (χ0n) is 66.9. The van der Waals surface area contributed by atoms with Crippen LogP contribution in [-0.2, 0) is 65.4 Å². The summed E-state index contributed by atoms with van der Waals surface area (Å²) in [7, 11) is -9.92. The molecule has 0 aromatic rings. The zero-order valence-corrected chi connectivity index (χ0v) is 68.7. The molecule has 0 saturated carbocycles. The maximum Gasteiger partial charge on any atom is 0.472 e. The third-order valence-corrected chi connectivity index (χ3v) is 21.7. The van der Waals surface area contributed by atoms with Gasteiger partial charge in [-0.15, -0.1) is 0 Å². The number of carbonyl (C=O) groups excluding carboxylic acids is 4. The fourth-order valence-electron chi connectivity index (χ4n) is 12.9. The first-order valence-corrected chi connectivity index (χ1v) is 46.0. The summed E-state index contributed by atoms with van der Waals surface area (Å²) < 4.78 is 68.8. The lowest BCUT2D eigenvalue weighted by molar-refractivity contribution is -0.161. The van der Waals surface area contributed by atoms with Gasteiger partial charge in [-0.1, -0.05) is 388 Å². The van der Waals surface area contributed by atoms with E-state index < -0.39 is 97.5 Å². The maximum atomic E-state index is 13.1. The molecule has 0 bridgehead atoms. The fraction of sp³-hybridized carbons (Fsp3) is 0.952. The molecule has 0 heterocycles. The third kappa shape index (κ3) is 74.9. The molecule has 0 amide bonds. The first kappa shape index (κ1) is 100. The summed E-state index contributed by atoms with van der Waals surface area (Å²) in [6.07, 6.45) is 65.1. The Labute approximate surface area is 626 Å². The van der Waals surface area contributed by atoms with Crippen LogP contribution in [0.4, 0.5) is 0 Å². The third-order valence-electron chi connectivity index (χ3n) is 19.8. The van der Waals surface area contributed by atoms with Crippen LogP contribution >= 0.6 is 15.6 Å². The molecule has 0 radical (unpaired) electrons. The van der Waals surface area contributed by atoms with Crippen LogP contribution in [0.15, 0.2) is 0 Å². The van der Waals surface area contributed by atoms with E-state index in [0.29, 0.717) is 25.7 Å². The van der Waals surface area contributed by atoms with Gasteiger partial charge >= 0.3 is 39.5 Å². The van der Waals surface area contributed by atoms with Gasteiger partial charge in [-0.05, 0) is 37.5 Å². The lowest BCUT2D eigenvalue weighted by atomic mass is 9.99. The molecule has 102 heavy (non-hydrogen) atoms. The molecule has 606 valence electrons. The number of aliphatic hydroxyl groups excluding tert-OH is 1. The van der Waals surface area contributed by atoms with Crippen LogP contribution in [-0.4, -0.2) is 96.7 Å². The molecule has 6 atom stereocenters. The standard InChI is InChI=1S/C83H162O17P2/c1-7-10-12-14-16-18-20-22-30-36-43-49-55-61-67-82(87)99-78(71-93-80(85)65-59-53-47-41-35-21-19-17-15-13-11-8-2)73-97-101(89,90)95-69-77(84)70-96-102(91,92)98-74-79(72-94-81(86)66-60-54-48-42-38-32-33-39-45-51-57-63-75(4)5)100-83(88)68-62-56-50-44-37-31-28-26-24-23-25-27-29-34-40-46-52-58-64-76(6)9-3/h75-79,84H,7-74H2,1-6H3,(H,89,90)(H,91,92)/t76?,77-,78+,79+/m0/s1. The van der Waals surface area contributed by atoms with E-state index in [-0.39, 0.29) is 25.7 Å². The van der Waals surface area contributed by atoms with Gasteiger partial charge in [0.25, 0.3) is 0 Å². The van der Waals surface area contributed by atoms with Crippen molar-refractivity contribution in [3.8, 4) is 0 Å². The Hall–Kier alpha value is -1.94. The SMILES string of the molecule is CCCCCCCCCCCCCCCCC(=O)O[C@H](COC(=O)CCCCCCCCCCCCCC)COP(=O)(O)OC[C@H](O)COP(=O)(O)OC[C@@H](COC(=O)CCCCCCCCCCCCCC(C)C)OC(=O)CCCCCCCCCCCCCCCCCCCCC(C)CC. The molecular weight excluding hydrogens is 1330 g/mol. The van der Waals surface area contributed by atoms with Gasteiger partial charge in [0.05, 0.1) is 26.4 Å². The molecule has 19 heteroatoms. The van der Waals surface area contributed by atoms with E-state index in [0.717, 1.165) is 102 Å². The highest BCUT2D eigenvalue weighted by molar-refractivity contribution is 7.47. The number of hydrogen-bond donors (Lipinski definition) is 3. The molecular formula is C83H162O17P2. The van der Waals surface area contributed by atoms with Gasteiger partial charge in [0.15, 0.2) is 12.2 Å². The molecule has 0 aromatic heterocycles. The largest absolute Gasteiger partial charge is 0.472 e. The highest BCUT2D eigenvalue weighted by atomic mass is 31.2. The molecule has 0 rings (SSSR count). The molecule has 0 aliphatic carbocycles. The van der Waals surface area contributed by atoms with E-state index >= 15 is 0 Å². The average molecular weight is 1490 g/mol. The van der Waals surface area contributed by atoms with Gasteiger partial charge in [0, 0.05) is 25.7 Å². The number of aliphatic hydroxyl groups is 1. The second kappa shape index (κ2) is 74.5. The summed E-state index contributed by atoms with van der Waals surface area (Å²) >= 11 is 0. The van der Waals surface area contributed by atoms with Gasteiger partial charge in [-0.2, -0.15) is 0 Å². The van der Waals surface area contributed by atoms with Crippen molar-refractivity contribution in [2.24, 2.45) is 11.8 Å². The van der Waals surface area contributed by atoms with Crippen molar-refractivity contribution in [3.05, 3.63) is 0 Å². The minimum Gasteiger partial charge on any atom is -0.462 e. The van der Waals surface area contributed by atoms with Crippen molar-refractivity contribution in [1.29, 1.82) is 0 Å². The molecule has 0 spiro atoms. The fourth-order valence-corrected chi connectivity index (χ4v) is 14.4. The molecule has 0 fully saturated rings. The predicted octanol–water partition coefficient (Wildman–Crippen LogP) is 25.1. The second-order valence-electron chi connectivity index (χ2n) is 30.6. The monoisotopic (exact) mass is 1490 g/mol. The molecule has 0 aromatic carbocycles. The van der Waals surface area contributed by atoms with Crippen LogP contribution in [0.3, 0.4) is 0 Å². The Morgan fingerprint density at radius 2 is 0.500 bits per heavy atom. The molecule has 0 aliphatic rings. The Kier molecular flexibility index (Phi) is 73.1. The summed E-state index contributed by atoms with van der Waals surface area (Å²) in [5.41, 5.74) is 0. The zero-order chi connectivity index (χ0) is 74.9. The molecule has 0 saturated heterocycles. The topological polar surface area (TPSA) is 237 Å². The van der Waals surface area contributed by atoms with Crippen LogP contribution in [0.2, 0.25) is 0 Å². The normalized spacial score (nSPS) is 14.1. The summed E-state index contributed by atoms with van der Waals surface area (Å²) in [5.74, 6) is -0.462. The Bertz CT molecular complexity index is 1960. The van der Waals surface area contributed by atoms with Crippen molar-refractivity contribution >= 4 is 39.5 Å². The smallest absolute Gasteiger partial charge is 0.462 e. The lowest BCUT2D eigenvalue weighted by Crippen LogP contribution is -2.30. The minimum absolute atomic E-state index is 0.108. The van der Waals surface area contributed by atoms with Crippen LogP contribution < -0.4 is 0 Å². The average Bonchev–Trinajstić information content (AvgIpc) is 0.927. The number of phosphoric ester groups is 2. The van der Waals surface area contributed by atoms with Crippen LogP contribution in [0.25, 0.3) is 0 Å². The number of unbranched alkanes of at least 4 members (excludes halogenated alkanes) is 51. The quantitative estimate of drug-likeness (QED) is 0.0222. The summed E-state index contributed by atoms with van der Waals surface area (Å²) in [6.45, 7) is 9.72. The van der Waals surface area contributed by atoms with Gasteiger partial charge in [-0.25, -0.2) is 9.13 Å². The van der Waals surface area contributed by atoms with Gasteiger partial charge < -0.3 is 33.8 Å². The minimum atomic E-state index is -4.96. The van der Waals surface area contributed by atoms with Crippen LogP contribution in [0.5, 0.6) is 0 Å². The Morgan fingerprint density at radius 3 is 0.745 bits per heavy atom. The number of phosphoric acid groups is 2. The van der Waals surface area contributed by atoms with E-state index in [2.05, 4.69) is 41.5 Å². The first-order valence-electron chi connectivity index (χ1n) is 43.0. The van der Waals surface area contributed by atoms with Gasteiger partial charge in [-0.3, -0.25) is 37.3 Å². The summed E-state index contributed by atoms with van der Waals surface area (Å²) in [6, 6.07) is 0. The van der Waals surface area contributed by atoms with Crippen molar-refractivity contribution in [1.82, 2.24) is 0 Å². The van der Waals surface area contributed by atoms with Crippen molar-refractivity contribution in [3.63, 3.8) is 0 Å². The van der Waals surface area contributed by atoms with Crippen LogP contribution in [0, 0.1) is 11.8 Å². The molecule has 3 N–H and O–H groups in total. The summed E-state index contributed by atoms with van der Waals surface area (Å²) in [5, 5.41) is 10.7. The predicted molar refractivity (Wildman–Crippen MR) is 418 cm³/mol.